The highest BCUT2D eigenvalue weighted by Gasteiger charge is 2.18. The molecule has 0 radical (unpaired) electrons. The Balaban J connectivity index is 1.62. The van der Waals surface area contributed by atoms with Gasteiger partial charge in [0.1, 0.15) is 11.0 Å². The number of rotatable bonds is 7. The van der Waals surface area contributed by atoms with Gasteiger partial charge in [0.2, 0.25) is 0 Å². The second kappa shape index (κ2) is 10.1. The molecule has 1 aliphatic heterocycles. The molecule has 1 aliphatic rings. The summed E-state index contributed by atoms with van der Waals surface area (Å²) in [7, 11) is 0. The number of carbonyl (C=O) groups excluding carboxylic acids is 1. The molecule has 3 rings (SSSR count). The molecule has 0 bridgehead atoms. The van der Waals surface area contributed by atoms with Crippen molar-refractivity contribution < 1.29 is 4.79 Å². The van der Waals surface area contributed by atoms with Crippen molar-refractivity contribution >= 4 is 35.1 Å². The van der Waals surface area contributed by atoms with Gasteiger partial charge in [0.15, 0.2) is 5.16 Å². The number of anilines is 1. The smallest absolute Gasteiger partial charge is 0.253 e. The molecule has 0 N–H and O–H groups in total. The second-order valence-electron chi connectivity index (χ2n) is 6.84. The van der Waals surface area contributed by atoms with Gasteiger partial charge in [-0.1, -0.05) is 35.5 Å². The summed E-state index contributed by atoms with van der Waals surface area (Å²) in [6.45, 7) is 7.69. The monoisotopic (exact) mass is 418 g/mol. The van der Waals surface area contributed by atoms with Crippen molar-refractivity contribution in [2.24, 2.45) is 0 Å². The van der Waals surface area contributed by atoms with Gasteiger partial charge in [-0.25, -0.2) is 9.97 Å². The van der Waals surface area contributed by atoms with Gasteiger partial charge in [-0.3, -0.25) is 4.79 Å². The third-order valence-electron chi connectivity index (χ3n) is 4.96. The van der Waals surface area contributed by atoms with E-state index in [4.69, 9.17) is 11.6 Å². The van der Waals surface area contributed by atoms with Crippen LogP contribution in [-0.4, -0.2) is 47.0 Å². The zero-order valence-corrected chi connectivity index (χ0v) is 18.1. The highest BCUT2D eigenvalue weighted by molar-refractivity contribution is 7.98. The number of halogens is 1. The number of hydrogen-bond acceptors (Lipinski definition) is 5. The standard InChI is InChI=1S/C21H27ClN4OS/c1-3-25(4-2)19-14-18(22)23-21(24-19)28-15-16-8-10-17(11-9-16)20(27)26-12-6-5-7-13-26/h8-11,14H,3-7,12-13,15H2,1-2H3. The SMILES string of the molecule is CCN(CC)c1cc(Cl)nc(SCc2ccc(C(=O)N3CCCCC3)cc2)n1. The minimum Gasteiger partial charge on any atom is -0.357 e. The minimum absolute atomic E-state index is 0.140. The van der Waals surface area contributed by atoms with Crippen LogP contribution < -0.4 is 4.90 Å². The molecule has 1 saturated heterocycles. The number of carbonyl (C=O) groups is 1. The molecule has 2 aromatic rings. The Bertz CT molecular complexity index is 789. The van der Waals surface area contributed by atoms with Gasteiger partial charge in [-0.2, -0.15) is 0 Å². The summed E-state index contributed by atoms with van der Waals surface area (Å²) in [4.78, 5) is 25.6. The normalized spacial score (nSPS) is 14.2. The lowest BCUT2D eigenvalue weighted by molar-refractivity contribution is 0.0724. The maximum Gasteiger partial charge on any atom is 0.253 e. The average Bonchev–Trinajstić information content (AvgIpc) is 2.73. The third kappa shape index (κ3) is 5.39. The van der Waals surface area contributed by atoms with Gasteiger partial charge in [0.25, 0.3) is 5.91 Å². The van der Waals surface area contributed by atoms with Crippen LogP contribution in [-0.2, 0) is 5.75 Å². The third-order valence-corrected chi connectivity index (χ3v) is 6.07. The molecule has 0 aliphatic carbocycles. The van der Waals surface area contributed by atoms with Crippen molar-refractivity contribution in [3.05, 3.63) is 46.6 Å². The molecule has 150 valence electrons. The highest BCUT2D eigenvalue weighted by Crippen LogP contribution is 2.25. The molecule has 7 heteroatoms. The first-order valence-electron chi connectivity index (χ1n) is 9.91. The van der Waals surface area contributed by atoms with Crippen LogP contribution >= 0.6 is 23.4 Å². The van der Waals surface area contributed by atoms with Crippen LogP contribution in [0.2, 0.25) is 5.15 Å². The van der Waals surface area contributed by atoms with Gasteiger partial charge in [0.05, 0.1) is 0 Å². The number of likely N-dealkylation sites (tertiary alicyclic amines) is 1. The van der Waals surface area contributed by atoms with E-state index in [9.17, 15) is 4.79 Å². The summed E-state index contributed by atoms with van der Waals surface area (Å²) in [5.74, 6) is 1.73. The summed E-state index contributed by atoms with van der Waals surface area (Å²) in [5.41, 5.74) is 1.90. The number of thioether (sulfide) groups is 1. The van der Waals surface area contributed by atoms with E-state index >= 15 is 0 Å². The lowest BCUT2D eigenvalue weighted by Gasteiger charge is -2.26. The number of aromatic nitrogens is 2. The molecule has 2 heterocycles. The molecule has 0 saturated carbocycles. The van der Waals surface area contributed by atoms with Crippen molar-refractivity contribution in [1.29, 1.82) is 0 Å². The molecule has 28 heavy (non-hydrogen) atoms. The summed E-state index contributed by atoms with van der Waals surface area (Å²) < 4.78 is 0. The maximum atomic E-state index is 12.6. The van der Waals surface area contributed by atoms with E-state index < -0.39 is 0 Å². The van der Waals surface area contributed by atoms with Gasteiger partial charge in [-0.05, 0) is 50.8 Å². The van der Waals surface area contributed by atoms with Crippen LogP contribution in [0, 0.1) is 0 Å². The number of benzene rings is 1. The summed E-state index contributed by atoms with van der Waals surface area (Å²) in [6.07, 6.45) is 3.44. The highest BCUT2D eigenvalue weighted by atomic mass is 35.5. The molecule has 5 nitrogen and oxygen atoms in total. The fraction of sp³-hybridized carbons (Fsp3) is 0.476. The largest absolute Gasteiger partial charge is 0.357 e. The summed E-state index contributed by atoms with van der Waals surface area (Å²) >= 11 is 7.74. The van der Waals surface area contributed by atoms with E-state index in [-0.39, 0.29) is 5.91 Å². The van der Waals surface area contributed by atoms with Gasteiger partial charge in [0, 0.05) is 43.6 Å². The quantitative estimate of drug-likeness (QED) is 0.364. The van der Waals surface area contributed by atoms with Crippen molar-refractivity contribution in [2.45, 2.75) is 44.0 Å². The summed E-state index contributed by atoms with van der Waals surface area (Å²) in [6, 6.07) is 9.68. The van der Waals surface area contributed by atoms with Crippen molar-refractivity contribution in [1.82, 2.24) is 14.9 Å². The van der Waals surface area contributed by atoms with Gasteiger partial charge < -0.3 is 9.80 Å². The molecule has 0 unspecified atom stereocenters. The molecular formula is C21H27ClN4OS. The van der Waals surface area contributed by atoms with Crippen LogP contribution in [0.5, 0.6) is 0 Å². The van der Waals surface area contributed by atoms with E-state index in [1.807, 2.05) is 29.2 Å². The predicted octanol–water partition coefficient (Wildman–Crippen LogP) is 4.89. The van der Waals surface area contributed by atoms with E-state index in [2.05, 4.69) is 28.7 Å². The Labute approximate surface area is 176 Å². The van der Waals surface area contributed by atoms with E-state index in [1.165, 1.54) is 6.42 Å². The zero-order valence-electron chi connectivity index (χ0n) is 16.5. The fourth-order valence-electron chi connectivity index (χ4n) is 3.33. The van der Waals surface area contributed by atoms with Crippen LogP contribution in [0.15, 0.2) is 35.5 Å². The summed E-state index contributed by atoms with van der Waals surface area (Å²) in [5, 5.41) is 1.13. The van der Waals surface area contributed by atoms with Crippen LogP contribution in [0.1, 0.15) is 49.0 Å². The van der Waals surface area contributed by atoms with Crippen LogP contribution in [0.4, 0.5) is 5.82 Å². The molecule has 0 atom stereocenters. The lowest BCUT2D eigenvalue weighted by atomic mass is 10.1. The van der Waals surface area contributed by atoms with E-state index in [1.54, 1.807) is 17.8 Å². The topological polar surface area (TPSA) is 49.3 Å². The van der Waals surface area contributed by atoms with Crippen molar-refractivity contribution in [3.63, 3.8) is 0 Å². The van der Waals surface area contributed by atoms with E-state index in [0.29, 0.717) is 10.3 Å². The Kier molecular flexibility index (Phi) is 7.57. The van der Waals surface area contributed by atoms with E-state index in [0.717, 1.165) is 61.7 Å². The molecule has 1 aromatic heterocycles. The number of piperidine rings is 1. The number of hydrogen-bond donors (Lipinski definition) is 0. The average molecular weight is 419 g/mol. The Morgan fingerprint density at radius 2 is 1.79 bits per heavy atom. The molecular weight excluding hydrogens is 392 g/mol. The predicted molar refractivity (Wildman–Crippen MR) is 116 cm³/mol. The molecule has 1 aromatic carbocycles. The first-order valence-corrected chi connectivity index (χ1v) is 11.3. The van der Waals surface area contributed by atoms with Crippen molar-refractivity contribution in [2.75, 3.05) is 31.1 Å². The Hall–Kier alpha value is -1.79. The zero-order chi connectivity index (χ0) is 19.9. The lowest BCUT2D eigenvalue weighted by Crippen LogP contribution is -2.35. The Morgan fingerprint density at radius 1 is 1.11 bits per heavy atom. The van der Waals surface area contributed by atoms with Gasteiger partial charge in [-0.15, -0.1) is 0 Å². The fourth-order valence-corrected chi connectivity index (χ4v) is 4.37. The van der Waals surface area contributed by atoms with Crippen molar-refractivity contribution in [3.8, 4) is 0 Å². The number of amides is 1. The van der Waals surface area contributed by atoms with Crippen LogP contribution in [0.3, 0.4) is 0 Å². The maximum absolute atomic E-state index is 12.6. The molecule has 1 fully saturated rings. The minimum atomic E-state index is 0.140. The molecule has 1 amide bonds. The Morgan fingerprint density at radius 3 is 2.43 bits per heavy atom. The first-order chi connectivity index (χ1) is 13.6. The second-order valence-corrected chi connectivity index (χ2v) is 8.17. The number of nitrogens with zero attached hydrogens (tertiary/aromatic N) is 4. The first kappa shape index (κ1) is 20.9. The van der Waals surface area contributed by atoms with Crippen LogP contribution in [0.25, 0.3) is 0 Å². The van der Waals surface area contributed by atoms with Gasteiger partial charge >= 0.3 is 0 Å². The molecule has 0 spiro atoms.